The van der Waals surface area contributed by atoms with Crippen molar-refractivity contribution in [3.05, 3.63) is 42.5 Å². The van der Waals surface area contributed by atoms with Crippen LogP contribution < -0.4 is 10.6 Å². The highest BCUT2D eigenvalue weighted by molar-refractivity contribution is 5.70. The summed E-state index contributed by atoms with van der Waals surface area (Å²) in [6.07, 6.45) is 6.71. The van der Waals surface area contributed by atoms with E-state index in [1.165, 1.54) is 6.07 Å². The van der Waals surface area contributed by atoms with Crippen LogP contribution in [0.15, 0.2) is 36.7 Å². The van der Waals surface area contributed by atoms with Gasteiger partial charge < -0.3 is 15.4 Å². The van der Waals surface area contributed by atoms with Crippen LogP contribution in [-0.4, -0.2) is 34.8 Å². The molecule has 1 spiro atoms. The number of alkyl carbamates (subject to hydrolysis) is 1. The normalized spacial score (nSPS) is 25.0. The highest BCUT2D eigenvalue weighted by Gasteiger charge is 2.43. The van der Waals surface area contributed by atoms with Crippen molar-refractivity contribution >= 4 is 11.9 Å². The van der Waals surface area contributed by atoms with Crippen molar-refractivity contribution in [2.24, 2.45) is 5.92 Å². The van der Waals surface area contributed by atoms with Gasteiger partial charge in [-0.15, -0.1) is 0 Å². The first-order valence-corrected chi connectivity index (χ1v) is 8.91. The van der Waals surface area contributed by atoms with E-state index >= 15 is 0 Å². The molecule has 2 N–H and O–H groups in total. The highest BCUT2D eigenvalue weighted by atomic mass is 19.1. The van der Waals surface area contributed by atoms with Gasteiger partial charge in [-0.2, -0.15) is 0 Å². The summed E-state index contributed by atoms with van der Waals surface area (Å²) in [5.74, 6) is 0.933. The molecule has 0 atom stereocenters. The summed E-state index contributed by atoms with van der Waals surface area (Å²) < 4.78 is 19.2. The fourth-order valence-electron chi connectivity index (χ4n) is 3.67. The molecular weight excluding hydrogens is 335 g/mol. The van der Waals surface area contributed by atoms with Crippen molar-refractivity contribution in [3.8, 4) is 11.3 Å². The van der Waals surface area contributed by atoms with Gasteiger partial charge in [-0.25, -0.2) is 14.2 Å². The number of anilines is 1. The van der Waals surface area contributed by atoms with Gasteiger partial charge in [-0.3, -0.25) is 4.98 Å². The molecule has 26 heavy (non-hydrogen) atoms. The number of nitrogens with zero attached hydrogens (tertiary/aromatic N) is 2. The number of ether oxygens (including phenoxy) is 1. The van der Waals surface area contributed by atoms with Crippen molar-refractivity contribution in [3.63, 3.8) is 0 Å². The molecule has 1 saturated heterocycles. The van der Waals surface area contributed by atoms with E-state index in [0.717, 1.165) is 38.0 Å². The SMILES string of the molecule is O=C1NC[C@]2(CC[C@@H](CNc3ccc(-c4ncccc4F)cn3)CC2)O1. The Morgan fingerprint density at radius 3 is 2.77 bits per heavy atom. The van der Waals surface area contributed by atoms with Crippen LogP contribution in [-0.2, 0) is 4.74 Å². The van der Waals surface area contributed by atoms with E-state index < -0.39 is 0 Å². The van der Waals surface area contributed by atoms with E-state index in [-0.39, 0.29) is 17.5 Å². The summed E-state index contributed by atoms with van der Waals surface area (Å²) in [4.78, 5) is 19.7. The number of carbonyl (C=O) groups excluding carboxylic acids is 1. The Bertz CT molecular complexity index is 788. The van der Waals surface area contributed by atoms with Gasteiger partial charge >= 0.3 is 6.09 Å². The van der Waals surface area contributed by atoms with Gasteiger partial charge in [0.05, 0.1) is 6.54 Å². The lowest BCUT2D eigenvalue weighted by molar-refractivity contribution is 0.0148. The summed E-state index contributed by atoms with van der Waals surface area (Å²) in [5.41, 5.74) is 0.674. The molecule has 0 radical (unpaired) electrons. The van der Waals surface area contributed by atoms with Crippen LogP contribution in [0.5, 0.6) is 0 Å². The third kappa shape index (κ3) is 3.47. The smallest absolute Gasteiger partial charge is 0.407 e. The molecule has 1 aliphatic heterocycles. The van der Waals surface area contributed by atoms with Crippen molar-refractivity contribution in [2.45, 2.75) is 31.3 Å². The minimum absolute atomic E-state index is 0.291. The molecule has 2 fully saturated rings. The fourth-order valence-corrected chi connectivity index (χ4v) is 3.67. The van der Waals surface area contributed by atoms with Crippen LogP contribution in [0.25, 0.3) is 11.3 Å². The fraction of sp³-hybridized carbons (Fsp3) is 0.421. The van der Waals surface area contributed by atoms with Crippen molar-refractivity contribution < 1.29 is 13.9 Å². The number of hydrogen-bond acceptors (Lipinski definition) is 5. The Hall–Kier alpha value is -2.70. The van der Waals surface area contributed by atoms with Gasteiger partial charge in [0, 0.05) is 24.5 Å². The average Bonchev–Trinajstić information content (AvgIpc) is 3.03. The second kappa shape index (κ2) is 6.90. The molecule has 0 bridgehead atoms. The van der Waals surface area contributed by atoms with Crippen molar-refractivity contribution in [1.29, 1.82) is 0 Å². The first kappa shape index (κ1) is 16.8. The van der Waals surface area contributed by atoms with E-state index in [1.54, 1.807) is 18.5 Å². The van der Waals surface area contributed by atoms with Gasteiger partial charge in [0.1, 0.15) is 22.9 Å². The minimum Gasteiger partial charge on any atom is -0.441 e. The van der Waals surface area contributed by atoms with E-state index in [2.05, 4.69) is 20.6 Å². The number of hydrogen-bond donors (Lipinski definition) is 2. The van der Waals surface area contributed by atoms with Crippen molar-refractivity contribution in [1.82, 2.24) is 15.3 Å². The molecule has 0 unspecified atom stereocenters. The van der Waals surface area contributed by atoms with Crippen LogP contribution in [0.2, 0.25) is 0 Å². The number of rotatable bonds is 4. The molecule has 6 nitrogen and oxygen atoms in total. The molecule has 0 aromatic carbocycles. The standard InChI is InChI=1S/C19H21FN4O2/c20-15-2-1-9-21-17(15)14-3-4-16(23-11-14)22-10-13-5-7-19(8-6-13)12-24-18(25)26-19/h1-4,9,11,13H,5-8,10,12H2,(H,22,23)(H,24,25)/t13-,19-. The van der Waals surface area contributed by atoms with E-state index in [4.69, 9.17) is 4.74 Å². The summed E-state index contributed by atoms with van der Waals surface area (Å²) >= 11 is 0. The lowest BCUT2D eigenvalue weighted by Gasteiger charge is -2.34. The molecule has 1 saturated carbocycles. The third-order valence-corrected chi connectivity index (χ3v) is 5.25. The number of pyridine rings is 2. The summed E-state index contributed by atoms with van der Waals surface area (Å²) in [5, 5.41) is 6.10. The molecule has 4 rings (SSSR count). The largest absolute Gasteiger partial charge is 0.441 e. The van der Waals surface area contributed by atoms with Crippen LogP contribution in [0.1, 0.15) is 25.7 Å². The summed E-state index contributed by atoms with van der Waals surface area (Å²) in [7, 11) is 0. The van der Waals surface area contributed by atoms with E-state index in [1.807, 2.05) is 12.1 Å². The highest BCUT2D eigenvalue weighted by Crippen LogP contribution is 2.36. The molecule has 1 aliphatic carbocycles. The van der Waals surface area contributed by atoms with Crippen LogP contribution in [0.3, 0.4) is 0 Å². The quantitative estimate of drug-likeness (QED) is 0.878. The lowest BCUT2D eigenvalue weighted by Crippen LogP contribution is -2.38. The number of halogens is 1. The zero-order valence-electron chi connectivity index (χ0n) is 14.4. The maximum Gasteiger partial charge on any atom is 0.407 e. The van der Waals surface area contributed by atoms with Crippen molar-refractivity contribution in [2.75, 3.05) is 18.4 Å². The molecule has 1 amide bonds. The van der Waals surface area contributed by atoms with Gasteiger partial charge in [0.15, 0.2) is 0 Å². The summed E-state index contributed by atoms with van der Waals surface area (Å²) in [6, 6.07) is 6.62. The number of carbonyl (C=O) groups is 1. The minimum atomic E-state index is -0.353. The maximum atomic E-state index is 13.8. The Morgan fingerprint density at radius 1 is 1.27 bits per heavy atom. The Labute approximate surface area is 151 Å². The number of amides is 1. The molecule has 136 valence electrons. The first-order valence-electron chi connectivity index (χ1n) is 8.91. The molecule has 3 heterocycles. The topological polar surface area (TPSA) is 76.1 Å². The van der Waals surface area contributed by atoms with Crippen LogP contribution in [0.4, 0.5) is 15.0 Å². The summed E-state index contributed by atoms with van der Waals surface area (Å²) in [6.45, 7) is 1.45. The second-order valence-corrected chi connectivity index (χ2v) is 7.02. The number of nitrogens with one attached hydrogen (secondary N) is 2. The van der Waals surface area contributed by atoms with Gasteiger partial charge in [0.25, 0.3) is 0 Å². The predicted octanol–water partition coefficient (Wildman–Crippen LogP) is 3.36. The van der Waals surface area contributed by atoms with E-state index in [9.17, 15) is 9.18 Å². The number of aromatic nitrogens is 2. The zero-order chi connectivity index (χ0) is 18.0. The Kier molecular flexibility index (Phi) is 4.44. The van der Waals surface area contributed by atoms with Gasteiger partial charge in [0.2, 0.25) is 0 Å². The van der Waals surface area contributed by atoms with Crippen LogP contribution in [0, 0.1) is 11.7 Å². The predicted molar refractivity (Wildman–Crippen MR) is 95.1 cm³/mol. The Balaban J connectivity index is 1.30. The maximum absolute atomic E-state index is 13.8. The molecule has 2 aromatic heterocycles. The third-order valence-electron chi connectivity index (χ3n) is 5.25. The second-order valence-electron chi connectivity index (χ2n) is 7.02. The molecular formula is C19H21FN4O2. The Morgan fingerprint density at radius 2 is 2.12 bits per heavy atom. The van der Waals surface area contributed by atoms with E-state index in [0.29, 0.717) is 23.7 Å². The molecule has 2 aromatic rings. The van der Waals surface area contributed by atoms with Crippen LogP contribution >= 0.6 is 0 Å². The average molecular weight is 356 g/mol. The first-order chi connectivity index (χ1) is 12.6. The van der Waals surface area contributed by atoms with Gasteiger partial charge in [-0.05, 0) is 55.9 Å². The molecule has 2 aliphatic rings. The monoisotopic (exact) mass is 356 g/mol. The molecule has 7 heteroatoms. The van der Waals surface area contributed by atoms with Gasteiger partial charge in [-0.1, -0.05) is 0 Å². The lowest BCUT2D eigenvalue weighted by atomic mass is 9.79. The zero-order valence-corrected chi connectivity index (χ0v) is 14.4.